The second kappa shape index (κ2) is 6.93. The molecule has 20 heavy (non-hydrogen) atoms. The van der Waals surface area contributed by atoms with Gasteiger partial charge in [-0.05, 0) is 49.8 Å². The molecule has 0 spiro atoms. The quantitative estimate of drug-likeness (QED) is 0.842. The van der Waals surface area contributed by atoms with Crippen LogP contribution in [0, 0.1) is 6.92 Å². The Kier molecular flexibility index (Phi) is 5.49. The Bertz CT molecular complexity index is 552. The third kappa shape index (κ3) is 3.75. The second-order valence-electron chi connectivity index (χ2n) is 5.06. The van der Waals surface area contributed by atoms with E-state index in [0.29, 0.717) is 23.2 Å². The zero-order valence-corrected chi connectivity index (χ0v) is 13.6. The van der Waals surface area contributed by atoms with Crippen molar-refractivity contribution in [2.45, 2.75) is 36.5 Å². The molecule has 1 fully saturated rings. The van der Waals surface area contributed by atoms with Gasteiger partial charge in [-0.2, -0.15) is 11.8 Å². The molecule has 1 unspecified atom stereocenters. The number of hydrogen-bond acceptors (Lipinski definition) is 4. The third-order valence-corrected chi connectivity index (χ3v) is 6.54. The van der Waals surface area contributed by atoms with Gasteiger partial charge in [0.15, 0.2) is 0 Å². The number of benzene rings is 1. The van der Waals surface area contributed by atoms with Crippen LogP contribution in [0.5, 0.6) is 0 Å². The van der Waals surface area contributed by atoms with Crippen LogP contribution >= 0.6 is 11.8 Å². The van der Waals surface area contributed by atoms with Crippen LogP contribution in [-0.4, -0.2) is 33.0 Å². The molecule has 1 aromatic carbocycles. The van der Waals surface area contributed by atoms with Crippen LogP contribution in [0.3, 0.4) is 0 Å². The smallest absolute Gasteiger partial charge is 0.240 e. The van der Waals surface area contributed by atoms with E-state index in [1.54, 1.807) is 12.1 Å². The predicted molar refractivity (Wildman–Crippen MR) is 84.6 cm³/mol. The van der Waals surface area contributed by atoms with Gasteiger partial charge in [0.05, 0.1) is 4.90 Å². The number of nitrogens with one attached hydrogen (secondary N) is 2. The molecule has 0 aromatic heterocycles. The molecule has 1 heterocycles. The first-order valence-corrected chi connectivity index (χ1v) is 9.42. The Morgan fingerprint density at radius 1 is 1.40 bits per heavy atom. The molecule has 0 aliphatic carbocycles. The topological polar surface area (TPSA) is 58.2 Å². The zero-order valence-electron chi connectivity index (χ0n) is 12.0. The van der Waals surface area contributed by atoms with E-state index in [1.807, 2.05) is 31.8 Å². The van der Waals surface area contributed by atoms with Crippen LogP contribution in [-0.2, 0) is 16.6 Å². The van der Waals surface area contributed by atoms with Crippen LogP contribution in [0.4, 0.5) is 0 Å². The van der Waals surface area contributed by atoms with Gasteiger partial charge in [-0.15, -0.1) is 0 Å². The lowest BCUT2D eigenvalue weighted by Gasteiger charge is -2.14. The summed E-state index contributed by atoms with van der Waals surface area (Å²) in [6, 6.07) is 5.44. The molecule has 112 valence electrons. The number of rotatable bonds is 6. The highest BCUT2D eigenvalue weighted by Crippen LogP contribution is 2.26. The summed E-state index contributed by atoms with van der Waals surface area (Å²) < 4.78 is 27.6. The summed E-state index contributed by atoms with van der Waals surface area (Å²) >= 11 is 1.86. The van der Waals surface area contributed by atoms with Gasteiger partial charge in [-0.3, -0.25) is 0 Å². The Morgan fingerprint density at radius 2 is 2.20 bits per heavy atom. The van der Waals surface area contributed by atoms with Crippen LogP contribution in [0.25, 0.3) is 0 Å². The molecule has 1 saturated heterocycles. The van der Waals surface area contributed by atoms with Gasteiger partial charge in [0.1, 0.15) is 0 Å². The van der Waals surface area contributed by atoms with E-state index in [0.717, 1.165) is 23.3 Å². The van der Waals surface area contributed by atoms with Crippen LogP contribution in [0.1, 0.15) is 24.0 Å². The third-order valence-electron chi connectivity index (χ3n) is 3.58. The Labute approximate surface area is 125 Å². The monoisotopic (exact) mass is 314 g/mol. The first-order valence-electron chi connectivity index (χ1n) is 6.89. The lowest BCUT2D eigenvalue weighted by Crippen LogP contribution is -2.30. The Balaban J connectivity index is 2.13. The van der Waals surface area contributed by atoms with Gasteiger partial charge in [0.2, 0.25) is 10.0 Å². The molecule has 0 saturated carbocycles. The van der Waals surface area contributed by atoms with E-state index in [4.69, 9.17) is 0 Å². The van der Waals surface area contributed by atoms with E-state index in [2.05, 4.69) is 10.0 Å². The van der Waals surface area contributed by atoms with Crippen molar-refractivity contribution in [1.29, 1.82) is 0 Å². The zero-order chi connectivity index (χ0) is 14.6. The molecule has 1 aliphatic heterocycles. The first kappa shape index (κ1) is 15.8. The van der Waals surface area contributed by atoms with Crippen LogP contribution < -0.4 is 10.0 Å². The highest BCUT2D eigenvalue weighted by Gasteiger charge is 2.22. The summed E-state index contributed by atoms with van der Waals surface area (Å²) in [6.07, 6.45) is 2.29. The van der Waals surface area contributed by atoms with E-state index in [9.17, 15) is 8.42 Å². The first-order chi connectivity index (χ1) is 9.54. The van der Waals surface area contributed by atoms with Crippen molar-refractivity contribution in [3.63, 3.8) is 0 Å². The maximum atomic E-state index is 12.4. The normalized spacial score (nSPS) is 19.4. The average Bonchev–Trinajstić information content (AvgIpc) is 2.92. The van der Waals surface area contributed by atoms with Gasteiger partial charge < -0.3 is 5.32 Å². The summed E-state index contributed by atoms with van der Waals surface area (Å²) in [5.74, 6) is 1.14. The number of hydrogen-bond donors (Lipinski definition) is 2. The average molecular weight is 314 g/mol. The number of thioether (sulfide) groups is 1. The lowest BCUT2D eigenvalue weighted by molar-refractivity contribution is 0.578. The molecule has 4 nitrogen and oxygen atoms in total. The highest BCUT2D eigenvalue weighted by molar-refractivity contribution is 8.00. The summed E-state index contributed by atoms with van der Waals surface area (Å²) in [5.41, 5.74) is 1.85. The van der Waals surface area contributed by atoms with Gasteiger partial charge in [-0.1, -0.05) is 12.1 Å². The summed E-state index contributed by atoms with van der Waals surface area (Å²) in [5, 5.41) is 3.48. The van der Waals surface area contributed by atoms with Gasteiger partial charge in [-0.25, -0.2) is 13.1 Å². The Hall–Kier alpha value is -0.560. The standard InChI is InChI=1S/C14H22N2O2S2/c1-11-12(9-15-2)5-3-7-14(11)20(17,18)16-10-13-6-4-8-19-13/h3,5,7,13,15-16H,4,6,8-10H2,1-2H3. The van der Waals surface area contributed by atoms with E-state index in [-0.39, 0.29) is 0 Å². The minimum atomic E-state index is -3.41. The van der Waals surface area contributed by atoms with Crippen molar-refractivity contribution in [3.05, 3.63) is 29.3 Å². The fourth-order valence-electron chi connectivity index (χ4n) is 2.42. The van der Waals surface area contributed by atoms with Gasteiger partial charge in [0, 0.05) is 18.3 Å². The molecule has 2 N–H and O–H groups in total. The van der Waals surface area contributed by atoms with Crippen molar-refractivity contribution in [1.82, 2.24) is 10.0 Å². The summed E-state index contributed by atoms with van der Waals surface area (Å²) in [6.45, 7) is 3.07. The van der Waals surface area contributed by atoms with Crippen molar-refractivity contribution < 1.29 is 8.42 Å². The Morgan fingerprint density at radius 3 is 2.85 bits per heavy atom. The maximum Gasteiger partial charge on any atom is 0.240 e. The molecule has 0 bridgehead atoms. The van der Waals surface area contributed by atoms with Gasteiger partial charge >= 0.3 is 0 Å². The molecular weight excluding hydrogens is 292 g/mol. The molecular formula is C14H22N2O2S2. The molecule has 1 atom stereocenters. The summed E-state index contributed by atoms with van der Waals surface area (Å²) in [7, 11) is -1.55. The summed E-state index contributed by atoms with van der Waals surface area (Å²) in [4.78, 5) is 0.397. The molecule has 1 aromatic rings. The molecule has 2 rings (SSSR count). The maximum absolute atomic E-state index is 12.4. The molecule has 0 amide bonds. The fourth-order valence-corrected chi connectivity index (χ4v) is 5.09. The highest BCUT2D eigenvalue weighted by atomic mass is 32.2. The predicted octanol–water partition coefficient (Wildman–Crippen LogP) is 1.89. The van der Waals surface area contributed by atoms with Crippen LogP contribution in [0.2, 0.25) is 0 Å². The minimum absolute atomic E-state index is 0.397. The van der Waals surface area contributed by atoms with Crippen molar-refractivity contribution >= 4 is 21.8 Å². The molecule has 6 heteroatoms. The second-order valence-corrected chi connectivity index (χ2v) is 8.20. The van der Waals surface area contributed by atoms with Crippen LogP contribution in [0.15, 0.2) is 23.1 Å². The van der Waals surface area contributed by atoms with Gasteiger partial charge in [0.25, 0.3) is 0 Å². The molecule has 0 radical (unpaired) electrons. The van der Waals surface area contributed by atoms with Crippen molar-refractivity contribution in [2.75, 3.05) is 19.3 Å². The SMILES string of the molecule is CNCc1cccc(S(=O)(=O)NCC2CCCS2)c1C. The fraction of sp³-hybridized carbons (Fsp3) is 0.571. The number of sulfonamides is 1. The van der Waals surface area contributed by atoms with Crippen molar-refractivity contribution in [3.8, 4) is 0 Å². The van der Waals surface area contributed by atoms with E-state index < -0.39 is 10.0 Å². The molecule has 1 aliphatic rings. The van der Waals surface area contributed by atoms with Crippen molar-refractivity contribution in [2.24, 2.45) is 0 Å². The minimum Gasteiger partial charge on any atom is -0.316 e. The van der Waals surface area contributed by atoms with E-state index in [1.165, 1.54) is 6.42 Å². The van der Waals surface area contributed by atoms with E-state index >= 15 is 0 Å². The lowest BCUT2D eigenvalue weighted by atomic mass is 10.1. The largest absolute Gasteiger partial charge is 0.316 e.